The van der Waals surface area contributed by atoms with Gasteiger partial charge in [-0.3, -0.25) is 4.90 Å². The molecule has 2 heterocycles. The van der Waals surface area contributed by atoms with Gasteiger partial charge in [-0.15, -0.1) is 0 Å². The minimum Gasteiger partial charge on any atom is -0.497 e. The van der Waals surface area contributed by atoms with Crippen LogP contribution in [-0.4, -0.2) is 37.7 Å². The summed E-state index contributed by atoms with van der Waals surface area (Å²) < 4.78 is 11.3. The summed E-state index contributed by atoms with van der Waals surface area (Å²) in [6.45, 7) is 3.28. The van der Waals surface area contributed by atoms with Crippen molar-refractivity contribution in [2.24, 2.45) is 0 Å². The van der Waals surface area contributed by atoms with Gasteiger partial charge in [0.25, 0.3) is 0 Å². The fourth-order valence-electron chi connectivity index (χ4n) is 3.66. The zero-order valence-electron chi connectivity index (χ0n) is 13.6. The molecular weight excluding hydrogens is 286 g/mol. The first-order chi connectivity index (χ1) is 11.3. The smallest absolute Gasteiger partial charge is 0.123 e. The van der Waals surface area contributed by atoms with Crippen LogP contribution in [-0.2, 0) is 6.42 Å². The predicted octanol–water partition coefficient (Wildman–Crippen LogP) is 3.76. The van der Waals surface area contributed by atoms with E-state index in [1.807, 2.05) is 12.1 Å². The van der Waals surface area contributed by atoms with E-state index >= 15 is 0 Å². The average molecular weight is 309 g/mol. The monoisotopic (exact) mass is 309 g/mol. The van der Waals surface area contributed by atoms with Crippen molar-refractivity contribution < 1.29 is 9.47 Å². The molecule has 1 unspecified atom stereocenters. The summed E-state index contributed by atoms with van der Waals surface area (Å²) >= 11 is 0. The van der Waals surface area contributed by atoms with Crippen LogP contribution in [0.15, 0.2) is 42.5 Å². The highest BCUT2D eigenvalue weighted by Gasteiger charge is 2.27. The molecule has 0 saturated carbocycles. The van der Waals surface area contributed by atoms with Crippen molar-refractivity contribution in [1.82, 2.24) is 4.90 Å². The van der Waals surface area contributed by atoms with Gasteiger partial charge in [0.15, 0.2) is 0 Å². The normalized spacial score (nSPS) is 20.8. The minimum absolute atomic E-state index is 0.553. The first kappa shape index (κ1) is 14.6. The molecule has 2 aromatic rings. The average Bonchev–Trinajstić information content (AvgIpc) is 3.15. The maximum Gasteiger partial charge on any atom is 0.123 e. The van der Waals surface area contributed by atoms with Gasteiger partial charge in [-0.25, -0.2) is 0 Å². The molecule has 0 amide bonds. The Hall–Kier alpha value is -2.00. The number of rotatable bonds is 3. The van der Waals surface area contributed by atoms with E-state index < -0.39 is 0 Å². The van der Waals surface area contributed by atoms with Gasteiger partial charge in [-0.1, -0.05) is 24.3 Å². The molecule has 3 nitrogen and oxygen atoms in total. The van der Waals surface area contributed by atoms with E-state index in [0.29, 0.717) is 6.04 Å². The molecule has 1 saturated heterocycles. The number of nitrogens with zero attached hydrogens (tertiary/aromatic N) is 1. The standard InChI is InChI=1S/C20H23NO2/c1-22-19-8-6-15(7-9-19)16-4-5-17-12-18(14-23-20(17)13-16)21-10-2-3-11-21/h4-9,13,18H,2-3,10-12,14H2,1H3. The van der Waals surface area contributed by atoms with Gasteiger partial charge in [0, 0.05) is 6.04 Å². The maximum atomic E-state index is 6.09. The number of likely N-dealkylation sites (tertiary alicyclic amines) is 1. The molecule has 0 radical (unpaired) electrons. The number of hydrogen-bond donors (Lipinski definition) is 0. The summed E-state index contributed by atoms with van der Waals surface area (Å²) in [6, 6.07) is 15.4. The van der Waals surface area contributed by atoms with Crippen molar-refractivity contribution in [1.29, 1.82) is 0 Å². The summed E-state index contributed by atoms with van der Waals surface area (Å²) in [5.74, 6) is 1.94. The Balaban J connectivity index is 1.54. The Morgan fingerprint density at radius 3 is 2.48 bits per heavy atom. The molecule has 4 rings (SSSR count). The zero-order valence-corrected chi connectivity index (χ0v) is 13.6. The highest BCUT2D eigenvalue weighted by molar-refractivity contribution is 5.67. The maximum absolute atomic E-state index is 6.09. The van der Waals surface area contributed by atoms with Crippen molar-refractivity contribution in [2.75, 3.05) is 26.8 Å². The third-order valence-electron chi connectivity index (χ3n) is 5.03. The molecule has 1 fully saturated rings. The van der Waals surface area contributed by atoms with Gasteiger partial charge < -0.3 is 9.47 Å². The molecule has 1 atom stereocenters. The molecule has 120 valence electrons. The van der Waals surface area contributed by atoms with Gasteiger partial charge in [0.1, 0.15) is 18.1 Å². The molecule has 2 aliphatic rings. The summed E-state index contributed by atoms with van der Waals surface area (Å²) in [6.07, 6.45) is 3.78. The second-order valence-corrected chi connectivity index (χ2v) is 6.46. The van der Waals surface area contributed by atoms with Crippen LogP contribution in [0.25, 0.3) is 11.1 Å². The predicted molar refractivity (Wildman–Crippen MR) is 92.2 cm³/mol. The second kappa shape index (κ2) is 6.25. The Kier molecular flexibility index (Phi) is 3.96. The highest BCUT2D eigenvalue weighted by atomic mass is 16.5. The first-order valence-corrected chi connectivity index (χ1v) is 8.48. The number of ether oxygens (including phenoxy) is 2. The quantitative estimate of drug-likeness (QED) is 0.861. The lowest BCUT2D eigenvalue weighted by Crippen LogP contribution is -2.41. The number of fused-ring (bicyclic) bond motifs is 1. The molecule has 23 heavy (non-hydrogen) atoms. The first-order valence-electron chi connectivity index (χ1n) is 8.48. The lowest BCUT2D eigenvalue weighted by Gasteiger charge is -2.32. The van der Waals surface area contributed by atoms with Crippen molar-refractivity contribution in [2.45, 2.75) is 25.3 Å². The Morgan fingerprint density at radius 2 is 1.74 bits per heavy atom. The lowest BCUT2D eigenvalue weighted by atomic mass is 9.97. The molecule has 0 bridgehead atoms. The van der Waals surface area contributed by atoms with E-state index in [1.165, 1.54) is 42.6 Å². The van der Waals surface area contributed by atoms with Crippen LogP contribution in [0.1, 0.15) is 18.4 Å². The molecule has 0 aromatic heterocycles. The minimum atomic E-state index is 0.553. The van der Waals surface area contributed by atoms with Gasteiger partial charge >= 0.3 is 0 Å². The van der Waals surface area contributed by atoms with Crippen LogP contribution in [0.4, 0.5) is 0 Å². The van der Waals surface area contributed by atoms with E-state index in [-0.39, 0.29) is 0 Å². The summed E-state index contributed by atoms with van der Waals surface area (Å²) in [5, 5.41) is 0. The highest BCUT2D eigenvalue weighted by Crippen LogP contribution is 2.33. The molecule has 0 aliphatic carbocycles. The summed E-state index contributed by atoms with van der Waals surface area (Å²) in [4.78, 5) is 2.58. The molecular formula is C20H23NO2. The third-order valence-corrected chi connectivity index (χ3v) is 5.03. The number of methoxy groups -OCH3 is 1. The van der Waals surface area contributed by atoms with Crippen LogP contribution in [0.5, 0.6) is 11.5 Å². The van der Waals surface area contributed by atoms with Gasteiger partial charge in [0.05, 0.1) is 7.11 Å². The van der Waals surface area contributed by atoms with Crippen LogP contribution in [0.2, 0.25) is 0 Å². The van der Waals surface area contributed by atoms with E-state index in [9.17, 15) is 0 Å². The zero-order chi connectivity index (χ0) is 15.6. The number of benzene rings is 2. The molecule has 0 spiro atoms. The largest absolute Gasteiger partial charge is 0.497 e. The fraction of sp³-hybridized carbons (Fsp3) is 0.400. The fourth-order valence-corrected chi connectivity index (χ4v) is 3.66. The van der Waals surface area contributed by atoms with E-state index in [2.05, 4.69) is 35.2 Å². The molecule has 0 N–H and O–H groups in total. The SMILES string of the molecule is COc1ccc(-c2ccc3c(c2)OCC(N2CCCC2)C3)cc1. The van der Waals surface area contributed by atoms with E-state index in [4.69, 9.17) is 9.47 Å². The van der Waals surface area contributed by atoms with Crippen LogP contribution in [0.3, 0.4) is 0 Å². The van der Waals surface area contributed by atoms with Gasteiger partial charge in [-0.2, -0.15) is 0 Å². The van der Waals surface area contributed by atoms with Crippen molar-refractivity contribution >= 4 is 0 Å². The molecule has 2 aromatic carbocycles. The molecule has 2 aliphatic heterocycles. The number of hydrogen-bond acceptors (Lipinski definition) is 3. The van der Waals surface area contributed by atoms with E-state index in [0.717, 1.165) is 24.5 Å². The lowest BCUT2D eigenvalue weighted by molar-refractivity contribution is 0.142. The van der Waals surface area contributed by atoms with Crippen LogP contribution < -0.4 is 9.47 Å². The van der Waals surface area contributed by atoms with Crippen LogP contribution >= 0.6 is 0 Å². The molecule has 3 heteroatoms. The summed E-state index contributed by atoms with van der Waals surface area (Å²) in [5.41, 5.74) is 3.73. The summed E-state index contributed by atoms with van der Waals surface area (Å²) in [7, 11) is 1.69. The Morgan fingerprint density at radius 1 is 1.00 bits per heavy atom. The van der Waals surface area contributed by atoms with E-state index in [1.54, 1.807) is 7.11 Å². The topological polar surface area (TPSA) is 21.7 Å². The van der Waals surface area contributed by atoms with Gasteiger partial charge in [-0.05, 0) is 67.2 Å². The third kappa shape index (κ3) is 2.93. The van der Waals surface area contributed by atoms with Gasteiger partial charge in [0.2, 0.25) is 0 Å². The second-order valence-electron chi connectivity index (χ2n) is 6.46. The van der Waals surface area contributed by atoms with Crippen molar-refractivity contribution in [3.05, 3.63) is 48.0 Å². The Labute approximate surface area is 137 Å². The van der Waals surface area contributed by atoms with Crippen molar-refractivity contribution in [3.63, 3.8) is 0 Å². The van der Waals surface area contributed by atoms with Crippen molar-refractivity contribution in [3.8, 4) is 22.6 Å². The Bertz CT molecular complexity index is 675. The van der Waals surface area contributed by atoms with Crippen LogP contribution in [0, 0.1) is 0 Å².